The first kappa shape index (κ1) is 13.2. The molecular formula is C17H15FN4. The first-order valence-electron chi connectivity index (χ1n) is 7.52. The third-order valence-electron chi connectivity index (χ3n) is 4.86. The number of nitrogens with zero attached hydrogens (tertiary/aromatic N) is 4. The van der Waals surface area contributed by atoms with Crippen LogP contribution in [0.4, 0.5) is 15.9 Å². The highest BCUT2D eigenvalue weighted by Gasteiger charge is 2.46. The van der Waals surface area contributed by atoms with Crippen molar-refractivity contribution in [1.82, 2.24) is 9.97 Å². The van der Waals surface area contributed by atoms with E-state index in [1.807, 2.05) is 17.0 Å². The fraction of sp³-hybridized carbons (Fsp3) is 0.353. The second-order valence-corrected chi connectivity index (χ2v) is 6.08. The summed E-state index contributed by atoms with van der Waals surface area (Å²) in [7, 11) is 0. The van der Waals surface area contributed by atoms with Gasteiger partial charge in [0, 0.05) is 12.0 Å². The minimum Gasteiger partial charge on any atom is -0.321 e. The van der Waals surface area contributed by atoms with E-state index in [-0.39, 0.29) is 16.9 Å². The molecule has 1 fully saturated rings. The summed E-state index contributed by atoms with van der Waals surface area (Å²) < 4.78 is 14.5. The van der Waals surface area contributed by atoms with Gasteiger partial charge in [-0.25, -0.2) is 9.37 Å². The van der Waals surface area contributed by atoms with Crippen LogP contribution in [0.3, 0.4) is 0 Å². The van der Waals surface area contributed by atoms with Gasteiger partial charge in [-0.15, -0.1) is 0 Å². The van der Waals surface area contributed by atoms with Gasteiger partial charge in [-0.05, 0) is 24.5 Å². The zero-order valence-corrected chi connectivity index (χ0v) is 12.1. The smallest absolute Gasteiger partial charge is 0.161 e. The van der Waals surface area contributed by atoms with E-state index in [0.29, 0.717) is 18.1 Å². The van der Waals surface area contributed by atoms with Crippen LogP contribution >= 0.6 is 0 Å². The van der Waals surface area contributed by atoms with E-state index in [0.717, 1.165) is 18.4 Å². The predicted octanol–water partition coefficient (Wildman–Crippen LogP) is 3.45. The Morgan fingerprint density at radius 2 is 2.05 bits per heavy atom. The number of aromatic nitrogens is 2. The Hall–Kier alpha value is -2.48. The monoisotopic (exact) mass is 294 g/mol. The molecule has 2 aliphatic rings. The van der Waals surface area contributed by atoms with Crippen LogP contribution < -0.4 is 4.90 Å². The van der Waals surface area contributed by atoms with Crippen molar-refractivity contribution < 1.29 is 4.39 Å². The second kappa shape index (κ2) is 4.77. The largest absolute Gasteiger partial charge is 0.321 e. The lowest BCUT2D eigenvalue weighted by molar-refractivity contribution is 0.476. The lowest BCUT2D eigenvalue weighted by Crippen LogP contribution is -2.29. The minimum absolute atomic E-state index is 0.0156. The molecule has 1 saturated carbocycles. The van der Waals surface area contributed by atoms with Crippen LogP contribution in [-0.2, 0) is 5.41 Å². The normalized spacial score (nSPS) is 18.5. The van der Waals surface area contributed by atoms with Gasteiger partial charge in [-0.3, -0.25) is 4.98 Å². The Morgan fingerprint density at radius 3 is 2.82 bits per heavy atom. The molecule has 0 amide bonds. The molecule has 0 radical (unpaired) electrons. The molecule has 1 aromatic heterocycles. The van der Waals surface area contributed by atoms with E-state index < -0.39 is 0 Å². The van der Waals surface area contributed by atoms with Gasteiger partial charge in [-0.2, -0.15) is 5.26 Å². The van der Waals surface area contributed by atoms with Crippen molar-refractivity contribution in [2.75, 3.05) is 11.4 Å². The standard InChI is InChI=1S/C17H15FN4/c18-14-5-3-4-13-16(14)22(11-17(13)6-1-2-7-17)15-10-20-9-12(8-19)21-15/h3-5,9-10H,1-2,6-7,11H2. The molecule has 1 spiro atoms. The van der Waals surface area contributed by atoms with E-state index in [2.05, 4.69) is 9.97 Å². The van der Waals surface area contributed by atoms with Gasteiger partial charge in [0.1, 0.15) is 11.9 Å². The van der Waals surface area contributed by atoms with Crippen molar-refractivity contribution in [3.63, 3.8) is 0 Å². The highest BCUT2D eigenvalue weighted by Crippen LogP contribution is 2.52. The molecule has 5 heteroatoms. The zero-order chi connectivity index (χ0) is 15.2. The van der Waals surface area contributed by atoms with Crippen molar-refractivity contribution in [2.45, 2.75) is 31.1 Å². The van der Waals surface area contributed by atoms with Crippen LogP contribution in [0.5, 0.6) is 0 Å². The molecule has 0 bridgehead atoms. The van der Waals surface area contributed by atoms with Gasteiger partial charge < -0.3 is 4.90 Å². The summed E-state index contributed by atoms with van der Waals surface area (Å²) >= 11 is 0. The fourth-order valence-corrected chi connectivity index (χ4v) is 3.90. The highest BCUT2D eigenvalue weighted by atomic mass is 19.1. The number of benzene rings is 1. The Bertz CT molecular complexity index is 774. The van der Waals surface area contributed by atoms with Gasteiger partial charge in [0.05, 0.1) is 18.1 Å². The topological polar surface area (TPSA) is 52.8 Å². The Balaban J connectivity index is 1.87. The molecule has 2 aromatic rings. The number of para-hydroxylation sites is 1. The van der Waals surface area contributed by atoms with Crippen LogP contribution in [0.1, 0.15) is 36.9 Å². The van der Waals surface area contributed by atoms with Gasteiger partial charge in [0.2, 0.25) is 0 Å². The van der Waals surface area contributed by atoms with Crippen molar-refractivity contribution in [3.05, 3.63) is 47.7 Å². The quantitative estimate of drug-likeness (QED) is 0.808. The third-order valence-corrected chi connectivity index (χ3v) is 4.86. The first-order valence-corrected chi connectivity index (χ1v) is 7.52. The Morgan fingerprint density at radius 1 is 1.23 bits per heavy atom. The van der Waals surface area contributed by atoms with Crippen molar-refractivity contribution in [3.8, 4) is 6.07 Å². The average Bonchev–Trinajstić information content (AvgIpc) is 3.15. The lowest BCUT2D eigenvalue weighted by Gasteiger charge is -2.25. The molecule has 0 saturated heterocycles. The van der Waals surface area contributed by atoms with Crippen molar-refractivity contribution in [2.24, 2.45) is 0 Å². The summed E-state index contributed by atoms with van der Waals surface area (Å²) in [4.78, 5) is 10.3. The number of nitriles is 1. The van der Waals surface area contributed by atoms with E-state index in [1.54, 1.807) is 12.3 Å². The number of hydrogen-bond acceptors (Lipinski definition) is 4. The molecule has 0 atom stereocenters. The van der Waals surface area contributed by atoms with E-state index >= 15 is 0 Å². The molecule has 0 unspecified atom stereocenters. The molecule has 22 heavy (non-hydrogen) atoms. The summed E-state index contributed by atoms with van der Waals surface area (Å²) in [5, 5.41) is 9.01. The van der Waals surface area contributed by atoms with Gasteiger partial charge in [-0.1, -0.05) is 25.0 Å². The number of halogens is 1. The highest BCUT2D eigenvalue weighted by molar-refractivity contribution is 5.71. The molecule has 4 nitrogen and oxygen atoms in total. The molecule has 1 aromatic carbocycles. The maximum absolute atomic E-state index is 14.5. The molecule has 2 heterocycles. The maximum atomic E-state index is 14.5. The summed E-state index contributed by atoms with van der Waals surface area (Å²) in [6, 6.07) is 7.30. The maximum Gasteiger partial charge on any atom is 0.161 e. The number of anilines is 2. The van der Waals surface area contributed by atoms with Crippen LogP contribution in [0.25, 0.3) is 0 Å². The summed E-state index contributed by atoms with van der Waals surface area (Å²) in [6.07, 6.45) is 7.52. The Labute approximate surface area is 128 Å². The fourth-order valence-electron chi connectivity index (χ4n) is 3.90. The van der Waals surface area contributed by atoms with Gasteiger partial charge >= 0.3 is 0 Å². The molecule has 1 aliphatic heterocycles. The van der Waals surface area contributed by atoms with E-state index in [1.165, 1.54) is 25.1 Å². The molecule has 1 aliphatic carbocycles. The number of hydrogen-bond donors (Lipinski definition) is 0. The first-order chi connectivity index (χ1) is 10.7. The van der Waals surface area contributed by atoms with Crippen LogP contribution in [-0.4, -0.2) is 16.5 Å². The summed E-state index contributed by atoms with van der Waals surface area (Å²) in [5.41, 5.74) is 1.95. The van der Waals surface area contributed by atoms with Gasteiger partial charge in [0.15, 0.2) is 11.5 Å². The molecule has 0 N–H and O–H groups in total. The van der Waals surface area contributed by atoms with Crippen LogP contribution in [0.2, 0.25) is 0 Å². The lowest BCUT2D eigenvalue weighted by atomic mass is 9.81. The van der Waals surface area contributed by atoms with E-state index in [4.69, 9.17) is 5.26 Å². The summed E-state index contributed by atoms with van der Waals surface area (Å²) in [6.45, 7) is 0.715. The Kier molecular flexibility index (Phi) is 2.86. The number of rotatable bonds is 1. The second-order valence-electron chi connectivity index (χ2n) is 6.08. The van der Waals surface area contributed by atoms with Gasteiger partial charge in [0.25, 0.3) is 0 Å². The van der Waals surface area contributed by atoms with E-state index in [9.17, 15) is 4.39 Å². The van der Waals surface area contributed by atoms with Crippen molar-refractivity contribution in [1.29, 1.82) is 5.26 Å². The molecular weight excluding hydrogens is 279 g/mol. The van der Waals surface area contributed by atoms with Crippen LogP contribution in [0, 0.1) is 17.1 Å². The average molecular weight is 294 g/mol. The predicted molar refractivity (Wildman–Crippen MR) is 80.3 cm³/mol. The third kappa shape index (κ3) is 1.80. The summed E-state index contributed by atoms with van der Waals surface area (Å²) in [5.74, 6) is 0.319. The SMILES string of the molecule is N#Cc1cncc(N2CC3(CCCC3)c3cccc(F)c32)n1. The molecule has 110 valence electrons. The molecule has 4 rings (SSSR count). The van der Waals surface area contributed by atoms with Crippen LogP contribution in [0.15, 0.2) is 30.6 Å². The number of fused-ring (bicyclic) bond motifs is 2. The zero-order valence-electron chi connectivity index (χ0n) is 12.1. The minimum atomic E-state index is -0.231. The van der Waals surface area contributed by atoms with Crippen molar-refractivity contribution >= 4 is 11.5 Å².